The maximum absolute atomic E-state index is 2.50. The van der Waals surface area contributed by atoms with E-state index >= 15 is 0 Å². The van der Waals surface area contributed by atoms with E-state index in [9.17, 15) is 0 Å². The van der Waals surface area contributed by atoms with Crippen LogP contribution >= 0.6 is 0 Å². The Kier molecular flexibility index (Phi) is 17.3. The first-order chi connectivity index (χ1) is 51.9. The van der Waals surface area contributed by atoms with Crippen LogP contribution in [0.15, 0.2) is 370 Å². The van der Waals surface area contributed by atoms with Crippen LogP contribution in [0.1, 0.15) is 101 Å². The van der Waals surface area contributed by atoms with Gasteiger partial charge in [-0.1, -0.05) is 360 Å². The van der Waals surface area contributed by atoms with Crippen molar-refractivity contribution in [2.75, 3.05) is 9.80 Å². The van der Waals surface area contributed by atoms with Gasteiger partial charge < -0.3 is 9.80 Å². The summed E-state index contributed by atoms with van der Waals surface area (Å²) in [5, 5.41) is 4.87. The Hall–Kier alpha value is -12.4. The van der Waals surface area contributed by atoms with Crippen molar-refractivity contribution in [1.29, 1.82) is 0 Å². The number of anilines is 6. The van der Waals surface area contributed by atoms with E-state index in [4.69, 9.17) is 0 Å². The molecule has 0 heterocycles. The topological polar surface area (TPSA) is 6.48 Å². The Labute approximate surface area is 632 Å². The summed E-state index contributed by atoms with van der Waals surface area (Å²) in [5.74, 6) is 0. The summed E-state index contributed by atoms with van der Waals surface area (Å²) in [6.07, 6.45) is 0. The normalized spacial score (nSPS) is 12.6. The van der Waals surface area contributed by atoms with Crippen molar-refractivity contribution in [3.8, 4) is 77.9 Å². The summed E-state index contributed by atoms with van der Waals surface area (Å²) in [5.41, 5.74) is 31.8. The second kappa shape index (κ2) is 27.3. The molecule has 0 N–H and O–H groups in total. The van der Waals surface area contributed by atoms with E-state index in [1.54, 1.807) is 0 Å². The highest BCUT2D eigenvalue weighted by atomic mass is 15.1. The van der Waals surface area contributed by atoms with Gasteiger partial charge in [0.05, 0.1) is 5.41 Å². The molecule has 0 aliphatic heterocycles. The third kappa shape index (κ3) is 12.7. The minimum Gasteiger partial charge on any atom is -0.310 e. The highest BCUT2D eigenvalue weighted by Gasteiger charge is 2.47. The van der Waals surface area contributed by atoms with Crippen LogP contribution in [0.5, 0.6) is 0 Å². The molecule has 17 rings (SSSR count). The smallest absolute Gasteiger partial charge is 0.0714 e. The maximum atomic E-state index is 2.50. The molecular weight excluding hydrogens is 1290 g/mol. The second-order valence-electron chi connectivity index (χ2n) is 32.1. The predicted octanol–water partition coefficient (Wildman–Crippen LogP) is 29.2. The first kappa shape index (κ1) is 67.8. The van der Waals surface area contributed by atoms with Crippen molar-refractivity contribution in [1.82, 2.24) is 0 Å². The molecule has 0 radical (unpaired) electrons. The third-order valence-corrected chi connectivity index (χ3v) is 22.3. The van der Waals surface area contributed by atoms with E-state index in [-0.39, 0.29) is 16.2 Å². The second-order valence-corrected chi connectivity index (χ2v) is 32.1. The largest absolute Gasteiger partial charge is 0.310 e. The fourth-order valence-corrected chi connectivity index (χ4v) is 16.5. The summed E-state index contributed by atoms with van der Waals surface area (Å²) in [7, 11) is 0. The van der Waals surface area contributed by atoms with Gasteiger partial charge >= 0.3 is 0 Å². The zero-order valence-corrected chi connectivity index (χ0v) is 62.6. The fourth-order valence-electron chi connectivity index (χ4n) is 16.5. The van der Waals surface area contributed by atoms with Crippen LogP contribution in [0.3, 0.4) is 0 Å². The standard InChI is InChI=1S/C105H88N2/c1-102(2,3)81-51-41-72(42-52-81)75-45-56-86(57-46-75)106(87-58-47-76(48-59-87)73-43-53-82(54-44-73)103(4,5)6)89-31-21-26-80(68-89)95-66-65-94(96-34-18-19-35-97(95)96)78-39-37-71(38-40-78)74-49-60-88(61-50-74)107(90-32-20-25-79(67-90)93-36-22-24-77-23-16-17-33-92(77)93)91-62-64-99-98-63-55-85(104(7,8)9)69-100(98)105(101(99)70-91,83-27-12-10-13-28-83)84-29-14-11-15-30-84/h10-70H,1-9H3. The van der Waals surface area contributed by atoms with Crippen LogP contribution in [0, 0.1) is 0 Å². The lowest BCUT2D eigenvalue weighted by Gasteiger charge is -2.35. The molecule has 0 bridgehead atoms. The van der Waals surface area contributed by atoms with E-state index in [1.807, 2.05) is 0 Å². The van der Waals surface area contributed by atoms with Crippen molar-refractivity contribution in [3.63, 3.8) is 0 Å². The van der Waals surface area contributed by atoms with Crippen LogP contribution in [-0.4, -0.2) is 0 Å². The van der Waals surface area contributed by atoms with Gasteiger partial charge in [0, 0.05) is 34.1 Å². The van der Waals surface area contributed by atoms with Crippen molar-refractivity contribution < 1.29 is 0 Å². The minimum atomic E-state index is -0.592. The molecular formula is C105H88N2. The summed E-state index contributed by atoms with van der Waals surface area (Å²) in [6, 6.07) is 139. The fraction of sp³-hybridized carbons (Fsp3) is 0.124. The molecule has 518 valence electrons. The van der Waals surface area contributed by atoms with Gasteiger partial charge in [-0.3, -0.25) is 0 Å². The Bertz CT molecular complexity index is 5780. The molecule has 2 heteroatoms. The van der Waals surface area contributed by atoms with Gasteiger partial charge in [-0.15, -0.1) is 0 Å². The predicted molar refractivity (Wildman–Crippen MR) is 457 cm³/mol. The summed E-state index contributed by atoms with van der Waals surface area (Å²) < 4.78 is 0. The van der Waals surface area contributed by atoms with E-state index in [0.717, 1.165) is 50.8 Å². The number of hydrogen-bond acceptors (Lipinski definition) is 2. The molecule has 1 aliphatic carbocycles. The zero-order chi connectivity index (χ0) is 73.2. The highest BCUT2D eigenvalue weighted by molar-refractivity contribution is 6.06. The molecule has 2 nitrogen and oxygen atoms in total. The monoisotopic (exact) mass is 1380 g/mol. The first-order valence-electron chi connectivity index (χ1n) is 37.8. The Morgan fingerprint density at radius 2 is 0.505 bits per heavy atom. The molecule has 0 amide bonds. The van der Waals surface area contributed by atoms with Crippen LogP contribution < -0.4 is 9.80 Å². The van der Waals surface area contributed by atoms with Gasteiger partial charge in [0.1, 0.15) is 0 Å². The molecule has 0 saturated heterocycles. The minimum absolute atomic E-state index is 0.0518. The van der Waals surface area contributed by atoms with E-state index < -0.39 is 5.41 Å². The van der Waals surface area contributed by atoms with Gasteiger partial charge in [0.25, 0.3) is 0 Å². The van der Waals surface area contributed by atoms with Crippen molar-refractivity contribution >= 4 is 55.7 Å². The molecule has 0 spiro atoms. The van der Waals surface area contributed by atoms with Crippen LogP contribution in [0.4, 0.5) is 34.1 Å². The van der Waals surface area contributed by atoms with Gasteiger partial charge in [0.15, 0.2) is 0 Å². The summed E-state index contributed by atoms with van der Waals surface area (Å²) in [4.78, 5) is 4.86. The third-order valence-electron chi connectivity index (χ3n) is 22.3. The maximum Gasteiger partial charge on any atom is 0.0714 e. The molecule has 0 atom stereocenters. The van der Waals surface area contributed by atoms with Crippen molar-refractivity contribution in [2.24, 2.45) is 0 Å². The number of rotatable bonds is 14. The van der Waals surface area contributed by atoms with E-state index in [0.29, 0.717) is 0 Å². The van der Waals surface area contributed by atoms with Gasteiger partial charge in [-0.05, 0) is 227 Å². The molecule has 0 fully saturated rings. The SMILES string of the molecule is CC(C)(C)c1ccc(-c2ccc(N(c3ccc(-c4ccc(C(C)(C)C)cc4)cc3)c3cccc(-c4ccc(-c5ccc(-c6ccc(N(c7cccc(-c8cccc9ccccc89)c7)c7ccc8c(c7)C(c7ccccc7)(c7ccccc7)c7cc(C(C)(C)C)ccc7-8)cc6)cc5)c5ccccc45)c3)cc2)cc1. The zero-order valence-electron chi connectivity index (χ0n) is 62.6. The average molecular weight is 1380 g/mol. The molecule has 107 heavy (non-hydrogen) atoms. The molecule has 0 saturated carbocycles. The van der Waals surface area contributed by atoms with Crippen LogP contribution in [0.25, 0.3) is 99.4 Å². The number of nitrogens with zero attached hydrogens (tertiary/aromatic N) is 2. The molecule has 16 aromatic carbocycles. The van der Waals surface area contributed by atoms with Crippen molar-refractivity contribution in [2.45, 2.75) is 84.0 Å². The van der Waals surface area contributed by atoms with Crippen LogP contribution in [0.2, 0.25) is 0 Å². The van der Waals surface area contributed by atoms with E-state index in [1.165, 1.54) is 122 Å². The number of fused-ring (bicyclic) bond motifs is 5. The lowest BCUT2D eigenvalue weighted by molar-refractivity contribution is 0.588. The average Bonchev–Trinajstić information content (AvgIpc) is 1.54. The molecule has 0 aromatic heterocycles. The van der Waals surface area contributed by atoms with Gasteiger partial charge in [-0.2, -0.15) is 0 Å². The Morgan fingerprint density at radius 3 is 0.963 bits per heavy atom. The lowest BCUT2D eigenvalue weighted by atomic mass is 9.67. The van der Waals surface area contributed by atoms with Gasteiger partial charge in [0.2, 0.25) is 0 Å². The van der Waals surface area contributed by atoms with Gasteiger partial charge in [-0.25, -0.2) is 0 Å². The summed E-state index contributed by atoms with van der Waals surface area (Å²) >= 11 is 0. The van der Waals surface area contributed by atoms with E-state index in [2.05, 4.69) is 442 Å². The quantitative estimate of drug-likeness (QED) is 0.107. The highest BCUT2D eigenvalue weighted by Crippen LogP contribution is 2.58. The lowest BCUT2D eigenvalue weighted by Crippen LogP contribution is -2.29. The first-order valence-corrected chi connectivity index (χ1v) is 37.8. The molecule has 0 unspecified atom stereocenters. The number of hydrogen-bond donors (Lipinski definition) is 0. The van der Waals surface area contributed by atoms with Crippen molar-refractivity contribution in [3.05, 3.63) is 409 Å². The number of benzene rings is 16. The Balaban J connectivity index is 0.713. The Morgan fingerprint density at radius 1 is 0.196 bits per heavy atom. The summed E-state index contributed by atoms with van der Waals surface area (Å²) in [6.45, 7) is 20.6. The molecule has 16 aromatic rings. The van der Waals surface area contributed by atoms with Crippen LogP contribution in [-0.2, 0) is 21.7 Å². The molecule has 1 aliphatic rings.